The van der Waals surface area contributed by atoms with Gasteiger partial charge in [-0.1, -0.05) is 252 Å². The summed E-state index contributed by atoms with van der Waals surface area (Å²) in [5, 5.41) is 0. The van der Waals surface area contributed by atoms with E-state index in [1.807, 2.05) is 21.1 Å². The van der Waals surface area contributed by atoms with Crippen molar-refractivity contribution in [3.63, 3.8) is 0 Å². The first-order valence-corrected chi connectivity index (χ1v) is 33.0. The quantitative estimate of drug-likeness (QED) is 0.0211. The molecule has 0 bridgehead atoms. The third kappa shape index (κ3) is 62.0. The Labute approximate surface area is 474 Å². The van der Waals surface area contributed by atoms with Gasteiger partial charge in [0.25, 0.3) is 0 Å². The van der Waals surface area contributed by atoms with E-state index in [9.17, 15) is 19.0 Å². The van der Waals surface area contributed by atoms with E-state index in [0.717, 1.165) is 96.3 Å². The molecule has 0 fully saturated rings. The summed E-state index contributed by atoms with van der Waals surface area (Å²) in [7, 11) is 1.47. The molecule has 2 unspecified atom stereocenters. The molecule has 0 aliphatic heterocycles. The van der Waals surface area contributed by atoms with Gasteiger partial charge in [-0.25, -0.2) is 4.57 Å². The summed E-state index contributed by atoms with van der Waals surface area (Å²) < 4.78 is 34.6. The topological polar surface area (TPSA) is 108 Å². The first kappa shape index (κ1) is 73.9. The van der Waals surface area contributed by atoms with Gasteiger partial charge in [-0.15, -0.1) is 0 Å². The highest BCUT2D eigenvalue weighted by atomic mass is 31.2. The predicted octanol–water partition coefficient (Wildman–Crippen LogP) is 20.0. The van der Waals surface area contributed by atoms with Crippen LogP contribution in [0, 0.1) is 0 Å². The van der Waals surface area contributed by atoms with E-state index in [4.69, 9.17) is 18.5 Å². The third-order valence-corrected chi connectivity index (χ3v) is 14.3. The lowest BCUT2D eigenvalue weighted by Gasteiger charge is -2.24. The normalized spacial score (nSPS) is 13.9. The molecule has 10 heteroatoms. The van der Waals surface area contributed by atoms with Gasteiger partial charge in [-0.05, 0) is 96.3 Å². The van der Waals surface area contributed by atoms with Crippen LogP contribution in [0.25, 0.3) is 0 Å². The summed E-state index contributed by atoms with van der Waals surface area (Å²) in [5.41, 5.74) is 0. The number of carbonyl (C=O) groups excluding carboxylic acids is 2. The van der Waals surface area contributed by atoms with Crippen molar-refractivity contribution in [1.82, 2.24) is 0 Å². The summed E-state index contributed by atoms with van der Waals surface area (Å²) in [6.45, 7) is 4.30. The number of phosphoric ester groups is 1. The van der Waals surface area contributed by atoms with Gasteiger partial charge < -0.3 is 18.9 Å². The Balaban J connectivity index is 4.02. The van der Waals surface area contributed by atoms with Gasteiger partial charge in [0.15, 0.2) is 6.10 Å². The minimum Gasteiger partial charge on any atom is -0.462 e. The molecule has 0 spiro atoms. The lowest BCUT2D eigenvalue weighted by molar-refractivity contribution is -0.870. The maximum atomic E-state index is 12.8. The number of esters is 2. The lowest BCUT2D eigenvalue weighted by Crippen LogP contribution is -2.37. The van der Waals surface area contributed by atoms with E-state index in [0.29, 0.717) is 17.4 Å². The summed E-state index contributed by atoms with van der Waals surface area (Å²) >= 11 is 0. The van der Waals surface area contributed by atoms with Crippen molar-refractivity contribution in [1.29, 1.82) is 0 Å². The second kappa shape index (κ2) is 57.6. The van der Waals surface area contributed by atoms with Crippen LogP contribution in [0.15, 0.2) is 97.2 Å². The summed E-state index contributed by atoms with van der Waals surface area (Å²) in [5.74, 6) is -0.809. The molecule has 0 aromatic heterocycles. The van der Waals surface area contributed by atoms with E-state index in [1.165, 1.54) is 135 Å². The van der Waals surface area contributed by atoms with E-state index >= 15 is 0 Å². The van der Waals surface area contributed by atoms with Crippen LogP contribution in [0.1, 0.15) is 264 Å². The third-order valence-electron chi connectivity index (χ3n) is 13.3. The van der Waals surface area contributed by atoms with Crippen LogP contribution in [0.5, 0.6) is 0 Å². The molecule has 2 atom stereocenters. The van der Waals surface area contributed by atoms with Crippen LogP contribution in [0.3, 0.4) is 0 Å². The Morgan fingerprint density at radius 2 is 0.740 bits per heavy atom. The van der Waals surface area contributed by atoms with Gasteiger partial charge in [0.2, 0.25) is 0 Å². The van der Waals surface area contributed by atoms with Crippen molar-refractivity contribution < 1.29 is 42.1 Å². The van der Waals surface area contributed by atoms with Crippen LogP contribution < -0.4 is 0 Å². The number of hydrogen-bond donors (Lipinski definition) is 1. The molecule has 0 aromatic rings. The zero-order valence-corrected chi connectivity index (χ0v) is 51.3. The number of quaternary nitrogens is 1. The fourth-order valence-corrected chi connectivity index (χ4v) is 9.26. The molecule has 0 saturated carbocycles. The molecular weight excluding hydrogens is 978 g/mol. The molecule has 0 heterocycles. The number of unbranched alkanes of at least 4 members (excludes halogenated alkanes) is 27. The predicted molar refractivity (Wildman–Crippen MR) is 330 cm³/mol. The summed E-state index contributed by atoms with van der Waals surface area (Å²) in [6, 6.07) is 0. The van der Waals surface area contributed by atoms with Gasteiger partial charge in [0, 0.05) is 12.8 Å². The average Bonchev–Trinajstić information content (AvgIpc) is 3.39. The van der Waals surface area contributed by atoms with Gasteiger partial charge in [0.05, 0.1) is 27.7 Å². The molecular formula is C67H119NO8P+. The lowest BCUT2D eigenvalue weighted by atomic mass is 10.0. The fraction of sp³-hybridized carbons (Fsp3) is 0.731. The van der Waals surface area contributed by atoms with Crippen LogP contribution in [0.2, 0.25) is 0 Å². The largest absolute Gasteiger partial charge is 0.472 e. The van der Waals surface area contributed by atoms with Crippen LogP contribution >= 0.6 is 7.82 Å². The van der Waals surface area contributed by atoms with Crippen LogP contribution in [0.4, 0.5) is 0 Å². The minimum atomic E-state index is -4.39. The molecule has 0 saturated heterocycles. The summed E-state index contributed by atoms with van der Waals surface area (Å²) in [6.07, 6.45) is 79.3. The van der Waals surface area contributed by atoms with E-state index in [1.54, 1.807) is 0 Å². The molecule has 0 amide bonds. The standard InChI is InChI=1S/C67H118NO8P/c1-6-8-10-12-14-16-18-20-22-24-25-26-27-28-29-30-31-32-33-34-35-36-37-38-39-40-41-42-43-44-46-48-50-52-54-56-58-60-67(70)76-65(64-75-77(71,72)74-62-61-68(3,4)5)63-73-66(69)59-57-55-53-51-49-47-45-23-21-19-17-15-13-11-9-7-2/h8,10,14,16-17,19-20,22-23,25-26,28-29,31-32,45,65H,6-7,9,11-13,15,18,21,24,27,30,33-44,46-64H2,1-5H3/p+1/b10-8-,16-14-,19-17-,22-20-,26-25-,29-28-,32-31-,45-23-. The number of carbonyl (C=O) groups is 2. The molecule has 77 heavy (non-hydrogen) atoms. The van der Waals surface area contributed by atoms with Crippen molar-refractivity contribution in [2.75, 3.05) is 47.5 Å². The molecule has 444 valence electrons. The van der Waals surface area contributed by atoms with E-state index in [-0.39, 0.29) is 32.0 Å². The van der Waals surface area contributed by atoms with Gasteiger partial charge in [-0.2, -0.15) is 0 Å². The van der Waals surface area contributed by atoms with Crippen LogP contribution in [-0.4, -0.2) is 74.9 Å². The number of hydrogen-bond acceptors (Lipinski definition) is 7. The summed E-state index contributed by atoms with van der Waals surface area (Å²) in [4.78, 5) is 35.7. The fourth-order valence-electron chi connectivity index (χ4n) is 8.52. The maximum Gasteiger partial charge on any atom is 0.472 e. The van der Waals surface area contributed by atoms with Crippen molar-refractivity contribution in [2.45, 2.75) is 270 Å². The first-order chi connectivity index (χ1) is 37.5. The van der Waals surface area contributed by atoms with Crippen LogP contribution in [-0.2, 0) is 32.7 Å². The molecule has 9 nitrogen and oxygen atoms in total. The monoisotopic (exact) mass is 1100 g/mol. The maximum absolute atomic E-state index is 12.8. The number of phosphoric acid groups is 1. The SMILES string of the molecule is CC/C=C\C/C=C\C/C=C\C/C=C\C/C=C\C/C=C\CCCCCCCCCCCCCCCCCCCCC(=O)OC(COC(=O)CCCCCCC/C=C\C/C=C\CCCCCC)COP(=O)(O)OCC[N+](C)(C)C. The number of ether oxygens (including phenoxy) is 2. The van der Waals surface area contributed by atoms with Crippen molar-refractivity contribution in [3.05, 3.63) is 97.2 Å². The van der Waals surface area contributed by atoms with E-state index in [2.05, 4.69) is 111 Å². The minimum absolute atomic E-state index is 0.0272. The highest BCUT2D eigenvalue weighted by Crippen LogP contribution is 2.43. The highest BCUT2D eigenvalue weighted by molar-refractivity contribution is 7.47. The second-order valence-electron chi connectivity index (χ2n) is 22.1. The number of likely N-dealkylation sites (N-methyl/N-ethyl adjacent to an activating group) is 1. The van der Waals surface area contributed by atoms with Gasteiger partial charge in [-0.3, -0.25) is 18.6 Å². The second-order valence-corrected chi connectivity index (χ2v) is 23.5. The molecule has 1 N–H and O–H groups in total. The molecule has 0 radical (unpaired) electrons. The molecule has 0 rings (SSSR count). The zero-order chi connectivity index (χ0) is 56.3. The zero-order valence-electron chi connectivity index (χ0n) is 50.4. The number of nitrogens with zero attached hydrogens (tertiary/aromatic N) is 1. The van der Waals surface area contributed by atoms with Crippen molar-refractivity contribution in [3.8, 4) is 0 Å². The van der Waals surface area contributed by atoms with Crippen molar-refractivity contribution in [2.24, 2.45) is 0 Å². The highest BCUT2D eigenvalue weighted by Gasteiger charge is 2.27. The number of allylic oxidation sites excluding steroid dienone is 16. The molecule has 0 aromatic carbocycles. The Morgan fingerprint density at radius 3 is 1.10 bits per heavy atom. The van der Waals surface area contributed by atoms with Crippen molar-refractivity contribution >= 4 is 19.8 Å². The van der Waals surface area contributed by atoms with Gasteiger partial charge >= 0.3 is 19.8 Å². The first-order valence-electron chi connectivity index (χ1n) is 31.5. The smallest absolute Gasteiger partial charge is 0.462 e. The Hall–Kier alpha value is -3.07. The number of rotatable bonds is 57. The Kier molecular flexibility index (Phi) is 55.3. The Bertz CT molecular complexity index is 1620. The average molecular weight is 1100 g/mol. The molecule has 0 aliphatic carbocycles. The Morgan fingerprint density at radius 1 is 0.416 bits per heavy atom. The van der Waals surface area contributed by atoms with Gasteiger partial charge in [0.1, 0.15) is 19.8 Å². The van der Waals surface area contributed by atoms with E-state index < -0.39 is 26.5 Å². The molecule has 0 aliphatic rings.